The van der Waals surface area contributed by atoms with Crippen LogP contribution in [-0.4, -0.2) is 26.8 Å². The van der Waals surface area contributed by atoms with Gasteiger partial charge in [-0.3, -0.25) is 9.78 Å². The van der Waals surface area contributed by atoms with Gasteiger partial charge in [-0.15, -0.1) is 11.3 Å². The van der Waals surface area contributed by atoms with Gasteiger partial charge in [0.05, 0.1) is 0 Å². The van der Waals surface area contributed by atoms with Crippen LogP contribution in [0.3, 0.4) is 0 Å². The van der Waals surface area contributed by atoms with E-state index in [0.717, 1.165) is 17.0 Å². The van der Waals surface area contributed by atoms with Crippen LogP contribution in [0.15, 0.2) is 24.4 Å². The Kier molecular flexibility index (Phi) is 3.47. The van der Waals surface area contributed by atoms with Gasteiger partial charge in [0.1, 0.15) is 9.88 Å². The van der Waals surface area contributed by atoms with E-state index < -0.39 is 5.97 Å². The highest BCUT2D eigenvalue weighted by Gasteiger charge is 2.20. The van der Waals surface area contributed by atoms with E-state index >= 15 is 0 Å². The Balaban J connectivity index is 2.33. The number of hydrogen-bond donors (Lipinski definition) is 1. The fraction of sp³-hybridized carbons (Fsp3) is 0.167. The Hall–Kier alpha value is -2.08. The van der Waals surface area contributed by atoms with Crippen LogP contribution >= 0.6 is 11.3 Å². The van der Waals surface area contributed by atoms with Crippen molar-refractivity contribution in [1.29, 1.82) is 0 Å². The Labute approximate surface area is 107 Å². The maximum atomic E-state index is 11.3. The topological polar surface area (TPSA) is 80.2 Å². The zero-order valence-corrected chi connectivity index (χ0v) is 10.4. The average Bonchev–Trinajstić information content (AvgIpc) is 2.74. The third kappa shape index (κ3) is 2.60. The Morgan fingerprint density at radius 2 is 2.17 bits per heavy atom. The Morgan fingerprint density at radius 1 is 1.39 bits per heavy atom. The lowest BCUT2D eigenvalue weighted by atomic mass is 10.2. The molecule has 0 aliphatic heterocycles. The Morgan fingerprint density at radius 3 is 2.67 bits per heavy atom. The van der Waals surface area contributed by atoms with Crippen LogP contribution in [0.4, 0.5) is 0 Å². The second-order valence-corrected chi connectivity index (χ2v) is 4.73. The van der Waals surface area contributed by atoms with Gasteiger partial charge in [-0.1, -0.05) is 6.07 Å². The minimum atomic E-state index is -1.18. The van der Waals surface area contributed by atoms with Crippen LogP contribution in [-0.2, 0) is 6.42 Å². The number of aromatic carboxylic acids is 1. The number of carboxylic acid groups (broad SMARTS) is 1. The first-order chi connectivity index (χ1) is 8.58. The van der Waals surface area contributed by atoms with Gasteiger partial charge < -0.3 is 5.11 Å². The van der Waals surface area contributed by atoms with E-state index in [4.69, 9.17) is 5.11 Å². The molecule has 0 unspecified atom stereocenters. The molecule has 2 rings (SSSR count). The van der Waals surface area contributed by atoms with Crippen molar-refractivity contribution in [3.8, 4) is 0 Å². The third-order valence-electron chi connectivity index (χ3n) is 2.25. The summed E-state index contributed by atoms with van der Waals surface area (Å²) < 4.78 is 0. The molecule has 0 aliphatic rings. The zero-order chi connectivity index (χ0) is 13.1. The van der Waals surface area contributed by atoms with E-state index in [1.165, 1.54) is 6.92 Å². The quantitative estimate of drug-likeness (QED) is 0.853. The lowest BCUT2D eigenvalue weighted by molar-refractivity contribution is 0.0687. The average molecular weight is 262 g/mol. The molecule has 5 nitrogen and oxygen atoms in total. The molecule has 0 saturated carbocycles. The second-order valence-electron chi connectivity index (χ2n) is 3.64. The molecule has 6 heteroatoms. The molecule has 0 bridgehead atoms. The molecule has 0 radical (unpaired) electrons. The number of rotatable bonds is 4. The standard InChI is InChI=1S/C12H10N2O3S/c1-7(15)11-10(12(16)17)14-9(18-11)6-8-4-2-3-5-13-8/h2-5H,6H2,1H3,(H,16,17). The number of thiazole rings is 1. The molecule has 2 aromatic heterocycles. The summed E-state index contributed by atoms with van der Waals surface area (Å²) in [6.45, 7) is 1.34. The molecule has 0 atom stereocenters. The fourth-order valence-corrected chi connectivity index (χ4v) is 2.45. The molecule has 0 saturated heterocycles. The van der Waals surface area contributed by atoms with Crippen LogP contribution in [0.5, 0.6) is 0 Å². The smallest absolute Gasteiger partial charge is 0.356 e. The van der Waals surface area contributed by atoms with Crippen LogP contribution in [0.25, 0.3) is 0 Å². The number of carboxylic acids is 1. The predicted molar refractivity (Wildman–Crippen MR) is 66.1 cm³/mol. The molecule has 0 spiro atoms. The van der Waals surface area contributed by atoms with E-state index in [-0.39, 0.29) is 16.4 Å². The van der Waals surface area contributed by atoms with Crippen molar-refractivity contribution in [1.82, 2.24) is 9.97 Å². The van der Waals surface area contributed by atoms with Gasteiger partial charge in [0.2, 0.25) is 0 Å². The number of pyridine rings is 1. The van der Waals surface area contributed by atoms with Gasteiger partial charge in [-0.05, 0) is 12.1 Å². The number of hydrogen-bond acceptors (Lipinski definition) is 5. The summed E-state index contributed by atoms with van der Waals surface area (Å²) in [5.74, 6) is -1.46. The minimum Gasteiger partial charge on any atom is -0.476 e. The molecule has 2 heterocycles. The molecule has 18 heavy (non-hydrogen) atoms. The molecule has 0 amide bonds. The molecule has 0 aliphatic carbocycles. The molecule has 92 valence electrons. The molecule has 0 aromatic carbocycles. The summed E-state index contributed by atoms with van der Waals surface area (Å²) in [6.07, 6.45) is 2.09. The van der Waals surface area contributed by atoms with Gasteiger partial charge in [0, 0.05) is 25.2 Å². The van der Waals surface area contributed by atoms with Gasteiger partial charge in [0.15, 0.2) is 11.5 Å². The van der Waals surface area contributed by atoms with Crippen LogP contribution in [0, 0.1) is 0 Å². The Bertz CT molecular complexity index is 561. The van der Waals surface area contributed by atoms with E-state index in [2.05, 4.69) is 9.97 Å². The van der Waals surface area contributed by atoms with Gasteiger partial charge in [0.25, 0.3) is 0 Å². The van der Waals surface area contributed by atoms with E-state index in [1.54, 1.807) is 12.3 Å². The fourth-order valence-electron chi connectivity index (χ4n) is 1.48. The van der Waals surface area contributed by atoms with Crippen molar-refractivity contribution >= 4 is 23.1 Å². The van der Waals surface area contributed by atoms with Crippen molar-refractivity contribution in [3.05, 3.63) is 45.7 Å². The third-order valence-corrected chi connectivity index (χ3v) is 3.41. The van der Waals surface area contributed by atoms with Crippen molar-refractivity contribution in [2.75, 3.05) is 0 Å². The maximum Gasteiger partial charge on any atom is 0.356 e. The van der Waals surface area contributed by atoms with Crippen LogP contribution in [0.2, 0.25) is 0 Å². The van der Waals surface area contributed by atoms with Crippen LogP contribution < -0.4 is 0 Å². The normalized spacial score (nSPS) is 10.3. The highest BCUT2D eigenvalue weighted by molar-refractivity contribution is 7.14. The predicted octanol–water partition coefficient (Wildman–Crippen LogP) is 2.03. The number of Topliss-reactive ketones (excluding diaryl/α,β-unsaturated/α-hetero) is 1. The molecular weight excluding hydrogens is 252 g/mol. The number of carbonyl (C=O) groups excluding carboxylic acids is 1. The van der Waals surface area contributed by atoms with E-state index in [0.29, 0.717) is 11.4 Å². The first-order valence-electron chi connectivity index (χ1n) is 5.21. The summed E-state index contributed by atoms with van der Waals surface area (Å²) in [5.41, 5.74) is 0.622. The zero-order valence-electron chi connectivity index (χ0n) is 9.58. The molecule has 1 N–H and O–H groups in total. The first kappa shape index (κ1) is 12.4. The highest BCUT2D eigenvalue weighted by Crippen LogP contribution is 2.21. The number of carbonyl (C=O) groups is 2. The largest absolute Gasteiger partial charge is 0.476 e. The van der Waals surface area contributed by atoms with Crippen molar-refractivity contribution < 1.29 is 14.7 Å². The highest BCUT2D eigenvalue weighted by atomic mass is 32.1. The number of nitrogens with zero attached hydrogens (tertiary/aromatic N) is 2. The molecule has 2 aromatic rings. The van der Waals surface area contributed by atoms with Crippen LogP contribution in [0.1, 0.15) is 37.8 Å². The lowest BCUT2D eigenvalue weighted by Gasteiger charge is -1.94. The maximum absolute atomic E-state index is 11.3. The number of ketones is 1. The van der Waals surface area contributed by atoms with Gasteiger partial charge in [-0.2, -0.15) is 0 Å². The van der Waals surface area contributed by atoms with Gasteiger partial charge >= 0.3 is 5.97 Å². The summed E-state index contributed by atoms with van der Waals surface area (Å²) >= 11 is 1.11. The van der Waals surface area contributed by atoms with E-state index in [9.17, 15) is 9.59 Å². The summed E-state index contributed by atoms with van der Waals surface area (Å²) in [6, 6.07) is 5.48. The van der Waals surface area contributed by atoms with E-state index in [1.807, 2.05) is 12.1 Å². The SMILES string of the molecule is CC(=O)c1sc(Cc2ccccn2)nc1C(=O)O. The first-order valence-corrected chi connectivity index (χ1v) is 6.03. The van der Waals surface area contributed by atoms with Gasteiger partial charge in [-0.25, -0.2) is 9.78 Å². The summed E-state index contributed by atoms with van der Waals surface area (Å²) in [4.78, 5) is 30.6. The lowest BCUT2D eigenvalue weighted by Crippen LogP contribution is -2.03. The van der Waals surface area contributed by atoms with Crippen molar-refractivity contribution in [2.24, 2.45) is 0 Å². The monoisotopic (exact) mass is 262 g/mol. The molecule has 0 fully saturated rings. The van der Waals surface area contributed by atoms with Crippen molar-refractivity contribution in [3.63, 3.8) is 0 Å². The summed E-state index contributed by atoms with van der Waals surface area (Å²) in [5, 5.41) is 9.55. The molecular formula is C12H10N2O3S. The summed E-state index contributed by atoms with van der Waals surface area (Å²) in [7, 11) is 0. The number of aromatic nitrogens is 2. The minimum absolute atomic E-state index is 0.168. The second kappa shape index (κ2) is 5.05. The van der Waals surface area contributed by atoms with Crippen molar-refractivity contribution in [2.45, 2.75) is 13.3 Å².